The van der Waals surface area contributed by atoms with E-state index in [4.69, 9.17) is 15.6 Å². The summed E-state index contributed by atoms with van der Waals surface area (Å²) in [5, 5.41) is 6.87. The largest absolute Gasteiger partial charge is 0.465 e. The van der Waals surface area contributed by atoms with Crippen molar-refractivity contribution in [2.75, 3.05) is 0 Å². The fourth-order valence-corrected chi connectivity index (χ4v) is 1.23. The van der Waals surface area contributed by atoms with Gasteiger partial charge in [-0.3, -0.25) is 4.79 Å². The first-order valence-corrected chi connectivity index (χ1v) is 4.95. The van der Waals surface area contributed by atoms with E-state index in [9.17, 15) is 4.79 Å². The second kappa shape index (κ2) is 7.69. The Kier molecular flexibility index (Phi) is 6.82. The molecule has 1 rings (SSSR count). The summed E-state index contributed by atoms with van der Waals surface area (Å²) in [6, 6.07) is 9.76. The molecule has 0 atom stereocenters. The van der Waals surface area contributed by atoms with Crippen LogP contribution in [-0.4, -0.2) is 16.4 Å². The van der Waals surface area contributed by atoms with Gasteiger partial charge in [-0.25, -0.2) is 4.79 Å². The highest BCUT2D eigenvalue weighted by Gasteiger charge is 1.95. The first-order chi connectivity index (χ1) is 7.02. The van der Waals surface area contributed by atoms with E-state index >= 15 is 0 Å². The number of hydrogen-bond donors (Lipinski definition) is 3. The van der Waals surface area contributed by atoms with E-state index in [2.05, 4.69) is 5.73 Å². The number of hydrogen-bond acceptors (Lipinski definition) is 3. The smallest absolute Gasteiger partial charge is 0.402 e. The fraction of sp³-hybridized carbons (Fsp3) is 0.111. The number of carboxylic acid groups (broad SMARTS) is 1. The molecule has 0 saturated heterocycles. The highest BCUT2D eigenvalue weighted by Crippen LogP contribution is 2.10. The molecule has 82 valence electrons. The molecule has 0 spiro atoms. The first-order valence-electron chi connectivity index (χ1n) is 3.97. The third-order valence-electron chi connectivity index (χ3n) is 1.22. The Labute approximate surface area is 91.5 Å². The van der Waals surface area contributed by atoms with Crippen LogP contribution < -0.4 is 11.5 Å². The van der Waals surface area contributed by atoms with Gasteiger partial charge in [0.2, 0.25) is 0 Å². The number of primary amides is 2. The van der Waals surface area contributed by atoms with E-state index in [0.717, 1.165) is 17.3 Å². The van der Waals surface area contributed by atoms with Crippen molar-refractivity contribution >= 4 is 23.1 Å². The van der Waals surface area contributed by atoms with E-state index in [1.807, 2.05) is 30.3 Å². The lowest BCUT2D eigenvalue weighted by molar-refractivity contribution is 0.205. The summed E-state index contributed by atoms with van der Waals surface area (Å²) in [7, 11) is 0. The molecular weight excluding hydrogens is 216 g/mol. The van der Waals surface area contributed by atoms with Gasteiger partial charge in [-0.05, 0) is 5.56 Å². The van der Waals surface area contributed by atoms with Gasteiger partial charge in [-0.15, -0.1) is 0 Å². The molecule has 2 amide bonds. The summed E-state index contributed by atoms with van der Waals surface area (Å²) in [6.45, 7) is 0. The Bertz CT molecular complexity index is 312. The summed E-state index contributed by atoms with van der Waals surface area (Å²) >= 11 is 1.12. The molecule has 0 fully saturated rings. The molecule has 5 nitrogen and oxygen atoms in total. The number of amides is 2. The van der Waals surface area contributed by atoms with Gasteiger partial charge in [0, 0.05) is 5.75 Å². The quantitative estimate of drug-likeness (QED) is 0.714. The maximum atomic E-state index is 10.4. The van der Waals surface area contributed by atoms with Gasteiger partial charge in [0.1, 0.15) is 0 Å². The van der Waals surface area contributed by atoms with Crippen molar-refractivity contribution < 1.29 is 14.7 Å². The molecule has 6 heteroatoms. The molecule has 0 saturated carbocycles. The van der Waals surface area contributed by atoms with Crippen molar-refractivity contribution in [3.8, 4) is 0 Å². The van der Waals surface area contributed by atoms with Gasteiger partial charge < -0.3 is 16.6 Å². The van der Waals surface area contributed by atoms with Crippen molar-refractivity contribution in [2.45, 2.75) is 5.75 Å². The molecule has 15 heavy (non-hydrogen) atoms. The second-order valence-electron chi connectivity index (χ2n) is 2.43. The zero-order chi connectivity index (χ0) is 11.7. The molecule has 0 aliphatic carbocycles. The minimum Gasteiger partial charge on any atom is -0.465 e. The van der Waals surface area contributed by atoms with E-state index in [0.29, 0.717) is 5.75 Å². The topological polar surface area (TPSA) is 106 Å². The second-order valence-corrected chi connectivity index (χ2v) is 3.41. The van der Waals surface area contributed by atoms with Crippen molar-refractivity contribution in [3.63, 3.8) is 0 Å². The Morgan fingerprint density at radius 2 is 1.67 bits per heavy atom. The summed E-state index contributed by atoms with van der Waals surface area (Å²) in [4.78, 5) is 19.1. The molecule has 1 aromatic carbocycles. The van der Waals surface area contributed by atoms with Gasteiger partial charge in [-0.1, -0.05) is 42.1 Å². The van der Waals surface area contributed by atoms with Crippen molar-refractivity contribution in [1.82, 2.24) is 0 Å². The predicted molar refractivity (Wildman–Crippen MR) is 59.5 cm³/mol. The maximum Gasteiger partial charge on any atom is 0.402 e. The van der Waals surface area contributed by atoms with Crippen LogP contribution in [0.15, 0.2) is 30.3 Å². The van der Waals surface area contributed by atoms with Crippen LogP contribution in [0.4, 0.5) is 9.59 Å². The first kappa shape index (κ1) is 13.3. The Morgan fingerprint density at radius 3 is 2.07 bits per heavy atom. The van der Waals surface area contributed by atoms with Gasteiger partial charge in [-0.2, -0.15) is 0 Å². The predicted octanol–water partition coefficient (Wildman–Crippen LogP) is 1.62. The van der Waals surface area contributed by atoms with Crippen LogP contribution in [0.25, 0.3) is 0 Å². The fourth-order valence-electron chi connectivity index (χ4n) is 0.729. The number of thioether (sulfide) groups is 1. The zero-order valence-corrected chi connectivity index (χ0v) is 8.74. The highest BCUT2D eigenvalue weighted by molar-refractivity contribution is 8.12. The summed E-state index contributed by atoms with van der Waals surface area (Å²) in [5.41, 5.74) is 10.1. The van der Waals surface area contributed by atoms with Crippen LogP contribution in [0.5, 0.6) is 0 Å². The lowest BCUT2D eigenvalue weighted by atomic mass is 10.2. The lowest BCUT2D eigenvalue weighted by Gasteiger charge is -1.95. The highest BCUT2D eigenvalue weighted by atomic mass is 32.2. The average molecular weight is 228 g/mol. The van der Waals surface area contributed by atoms with E-state index in [1.165, 1.54) is 0 Å². The van der Waals surface area contributed by atoms with Crippen molar-refractivity contribution in [1.29, 1.82) is 0 Å². The van der Waals surface area contributed by atoms with Crippen molar-refractivity contribution in [2.24, 2.45) is 11.5 Å². The van der Waals surface area contributed by atoms with Gasteiger partial charge in [0.15, 0.2) is 0 Å². The summed E-state index contributed by atoms with van der Waals surface area (Å²) in [6.07, 6.45) is -1.33. The van der Waals surface area contributed by atoms with Gasteiger partial charge in [0.05, 0.1) is 0 Å². The molecule has 0 aliphatic rings. The molecular formula is C9H12N2O3S. The van der Waals surface area contributed by atoms with Crippen LogP contribution >= 0.6 is 11.8 Å². The van der Waals surface area contributed by atoms with Crippen LogP contribution in [0.3, 0.4) is 0 Å². The van der Waals surface area contributed by atoms with Gasteiger partial charge in [0.25, 0.3) is 5.24 Å². The number of carbonyl (C=O) groups excluding carboxylic acids is 1. The molecule has 0 bridgehead atoms. The minimum atomic E-state index is -1.33. The molecule has 0 radical (unpaired) electrons. The molecule has 0 heterocycles. The molecule has 0 aliphatic heterocycles. The summed E-state index contributed by atoms with van der Waals surface area (Å²) in [5.74, 6) is 0.663. The number of carbonyl (C=O) groups is 2. The van der Waals surface area contributed by atoms with E-state index < -0.39 is 6.09 Å². The van der Waals surface area contributed by atoms with Crippen LogP contribution in [-0.2, 0) is 5.75 Å². The number of rotatable bonds is 2. The number of nitrogens with two attached hydrogens (primary N) is 2. The zero-order valence-electron chi connectivity index (χ0n) is 7.92. The monoisotopic (exact) mass is 228 g/mol. The Hall–Kier alpha value is -1.69. The minimum absolute atomic E-state index is 0.325. The lowest BCUT2D eigenvalue weighted by Crippen LogP contribution is -2.03. The molecule has 5 N–H and O–H groups in total. The van der Waals surface area contributed by atoms with E-state index in [1.54, 1.807) is 0 Å². The molecule has 0 aromatic heterocycles. The SMILES string of the molecule is NC(=O)O.NC(=O)SCc1ccccc1. The standard InChI is InChI=1S/C8H9NOS.CH3NO2/c9-8(10)11-6-7-4-2-1-3-5-7;2-1(3)4/h1-5H,6H2,(H2,9,10);2H2,(H,3,4). The Balaban J connectivity index is 0.000000423. The van der Waals surface area contributed by atoms with Gasteiger partial charge >= 0.3 is 6.09 Å². The normalized spacial score (nSPS) is 8.53. The third kappa shape index (κ3) is 10.2. The third-order valence-corrected chi connectivity index (χ3v) is 1.99. The average Bonchev–Trinajstić information content (AvgIpc) is 2.15. The van der Waals surface area contributed by atoms with Crippen LogP contribution in [0.2, 0.25) is 0 Å². The maximum absolute atomic E-state index is 10.4. The number of benzene rings is 1. The Morgan fingerprint density at radius 1 is 1.20 bits per heavy atom. The molecule has 1 aromatic rings. The summed E-state index contributed by atoms with van der Waals surface area (Å²) < 4.78 is 0. The van der Waals surface area contributed by atoms with Crippen molar-refractivity contribution in [3.05, 3.63) is 35.9 Å². The van der Waals surface area contributed by atoms with Crippen LogP contribution in [0.1, 0.15) is 5.56 Å². The molecule has 0 unspecified atom stereocenters. The van der Waals surface area contributed by atoms with E-state index in [-0.39, 0.29) is 5.24 Å². The van der Waals surface area contributed by atoms with Crippen LogP contribution in [0, 0.1) is 0 Å².